The van der Waals surface area contributed by atoms with Crippen LogP contribution < -0.4 is 0 Å². The Bertz CT molecular complexity index is 833. The van der Waals surface area contributed by atoms with Gasteiger partial charge in [-0.15, -0.1) is 0 Å². The van der Waals surface area contributed by atoms with Crippen molar-refractivity contribution in [2.75, 3.05) is 13.7 Å². The van der Waals surface area contributed by atoms with Crippen molar-refractivity contribution in [2.45, 2.75) is 31.7 Å². The van der Waals surface area contributed by atoms with Crippen molar-refractivity contribution in [1.29, 1.82) is 5.26 Å². The summed E-state index contributed by atoms with van der Waals surface area (Å²) in [6.07, 6.45) is 3.91. The number of carbonyl (C=O) groups excluding carboxylic acids is 1. The molecule has 0 saturated carbocycles. The predicted octanol–water partition coefficient (Wildman–Crippen LogP) is 2.46. The molecule has 0 spiro atoms. The molecule has 0 radical (unpaired) electrons. The van der Waals surface area contributed by atoms with Gasteiger partial charge in [-0.05, 0) is 37.0 Å². The molecular weight excluding hydrogens is 290 g/mol. The third-order valence-corrected chi connectivity index (χ3v) is 5.47. The molecule has 1 aromatic carbocycles. The van der Waals surface area contributed by atoms with Crippen LogP contribution in [0.25, 0.3) is 10.9 Å². The van der Waals surface area contributed by atoms with Gasteiger partial charge in [0.15, 0.2) is 6.19 Å². The molecule has 2 heterocycles. The number of methoxy groups -OCH3 is 1. The number of esters is 1. The van der Waals surface area contributed by atoms with Crippen LogP contribution in [0.15, 0.2) is 18.2 Å². The SMILES string of the molecule is COC(=O)[C@@H]1CC2c3cccc4[nH]c(C)c(c34)C[C@H]2N(C#N)C1. The van der Waals surface area contributed by atoms with Crippen molar-refractivity contribution in [2.24, 2.45) is 5.92 Å². The second-order valence-corrected chi connectivity index (χ2v) is 6.58. The number of hydrogen-bond donors (Lipinski definition) is 1. The molecule has 1 aromatic heterocycles. The van der Waals surface area contributed by atoms with E-state index in [1.807, 2.05) is 0 Å². The molecule has 1 aliphatic carbocycles. The number of fused-ring (bicyclic) bond motifs is 2. The molecule has 0 bridgehead atoms. The van der Waals surface area contributed by atoms with E-state index in [4.69, 9.17) is 4.74 Å². The van der Waals surface area contributed by atoms with Crippen molar-refractivity contribution >= 4 is 16.9 Å². The molecule has 118 valence electrons. The van der Waals surface area contributed by atoms with E-state index in [0.717, 1.165) is 18.4 Å². The van der Waals surface area contributed by atoms with E-state index in [-0.39, 0.29) is 23.8 Å². The largest absolute Gasteiger partial charge is 0.469 e. The van der Waals surface area contributed by atoms with Crippen molar-refractivity contribution in [3.05, 3.63) is 35.0 Å². The number of aryl methyl sites for hydroxylation is 1. The highest BCUT2D eigenvalue weighted by molar-refractivity contribution is 5.89. The second kappa shape index (κ2) is 5.02. The van der Waals surface area contributed by atoms with Gasteiger partial charge in [0.25, 0.3) is 0 Å². The van der Waals surface area contributed by atoms with Gasteiger partial charge >= 0.3 is 5.97 Å². The summed E-state index contributed by atoms with van der Waals surface area (Å²) in [5.41, 5.74) is 4.90. The maximum absolute atomic E-state index is 12.0. The van der Waals surface area contributed by atoms with Crippen LogP contribution in [0, 0.1) is 24.3 Å². The number of likely N-dealkylation sites (tertiary alicyclic amines) is 1. The molecule has 5 nitrogen and oxygen atoms in total. The number of aromatic nitrogens is 1. The van der Waals surface area contributed by atoms with Crippen LogP contribution >= 0.6 is 0 Å². The third-order valence-electron chi connectivity index (χ3n) is 5.47. The van der Waals surface area contributed by atoms with Crippen molar-refractivity contribution in [3.8, 4) is 6.19 Å². The Balaban J connectivity index is 1.85. The van der Waals surface area contributed by atoms with E-state index in [0.29, 0.717) is 6.54 Å². The Hall–Kier alpha value is -2.48. The Morgan fingerprint density at radius 2 is 2.30 bits per heavy atom. The fraction of sp³-hybridized carbons (Fsp3) is 0.444. The molecule has 1 saturated heterocycles. The molecule has 3 atom stereocenters. The molecule has 1 aliphatic heterocycles. The van der Waals surface area contributed by atoms with E-state index in [9.17, 15) is 10.1 Å². The standard InChI is InChI=1S/C18H19N3O2/c1-10-13-7-16-14(12-4-3-5-15(20-10)17(12)13)6-11(18(22)23-2)8-21(16)9-19/h3-5,11,14,16,20H,6-8H2,1-2H3/t11-,14?,16-/m1/s1. The number of benzene rings is 1. The lowest BCUT2D eigenvalue weighted by Gasteiger charge is -2.43. The fourth-order valence-corrected chi connectivity index (χ4v) is 4.42. The predicted molar refractivity (Wildman–Crippen MR) is 85.7 cm³/mol. The van der Waals surface area contributed by atoms with Gasteiger partial charge in [0.05, 0.1) is 19.1 Å². The number of nitrogens with one attached hydrogen (secondary N) is 1. The fourth-order valence-electron chi connectivity index (χ4n) is 4.42. The Morgan fingerprint density at radius 3 is 3.04 bits per heavy atom. The number of ether oxygens (including phenoxy) is 1. The maximum atomic E-state index is 12.0. The summed E-state index contributed by atoms with van der Waals surface area (Å²) >= 11 is 0. The maximum Gasteiger partial charge on any atom is 0.310 e. The molecule has 2 aromatic rings. The number of hydrogen-bond acceptors (Lipinski definition) is 4. The highest BCUT2D eigenvalue weighted by atomic mass is 16.5. The van der Waals surface area contributed by atoms with Gasteiger partial charge in [-0.2, -0.15) is 5.26 Å². The average molecular weight is 309 g/mol. The summed E-state index contributed by atoms with van der Waals surface area (Å²) in [6.45, 7) is 2.55. The van der Waals surface area contributed by atoms with Crippen molar-refractivity contribution < 1.29 is 9.53 Å². The monoisotopic (exact) mass is 309 g/mol. The van der Waals surface area contributed by atoms with Crippen molar-refractivity contribution in [1.82, 2.24) is 9.88 Å². The number of aromatic amines is 1. The highest BCUT2D eigenvalue weighted by Crippen LogP contribution is 2.45. The van der Waals surface area contributed by atoms with E-state index in [2.05, 4.69) is 36.3 Å². The lowest BCUT2D eigenvalue weighted by Crippen LogP contribution is -2.49. The number of nitrogens with zero attached hydrogens (tertiary/aromatic N) is 2. The first-order chi connectivity index (χ1) is 11.1. The highest BCUT2D eigenvalue weighted by Gasteiger charge is 2.43. The summed E-state index contributed by atoms with van der Waals surface area (Å²) in [5.74, 6) is -0.261. The molecule has 2 aliphatic rings. The van der Waals surface area contributed by atoms with Gasteiger partial charge in [-0.25, -0.2) is 0 Å². The van der Waals surface area contributed by atoms with E-state index in [1.54, 1.807) is 4.90 Å². The molecule has 4 rings (SSSR count). The normalized spacial score (nSPS) is 25.8. The molecular formula is C18H19N3O2. The zero-order valence-corrected chi connectivity index (χ0v) is 13.3. The Kier molecular flexibility index (Phi) is 3.08. The first-order valence-electron chi connectivity index (χ1n) is 7.98. The molecule has 0 amide bonds. The second-order valence-electron chi connectivity index (χ2n) is 6.58. The smallest absolute Gasteiger partial charge is 0.310 e. The lowest BCUT2D eigenvalue weighted by atomic mass is 9.72. The first kappa shape index (κ1) is 14.1. The van der Waals surface area contributed by atoms with Gasteiger partial charge in [0, 0.05) is 29.1 Å². The minimum atomic E-state index is -0.238. The summed E-state index contributed by atoms with van der Waals surface area (Å²) < 4.78 is 4.93. The number of H-pyrrole nitrogens is 1. The minimum Gasteiger partial charge on any atom is -0.469 e. The van der Waals surface area contributed by atoms with Crippen LogP contribution in [-0.4, -0.2) is 35.5 Å². The number of piperidine rings is 1. The van der Waals surface area contributed by atoms with E-state index < -0.39 is 0 Å². The topological polar surface area (TPSA) is 69.1 Å². The molecule has 23 heavy (non-hydrogen) atoms. The lowest BCUT2D eigenvalue weighted by molar-refractivity contribution is -0.147. The minimum absolute atomic E-state index is 0.133. The zero-order valence-electron chi connectivity index (χ0n) is 13.3. The van der Waals surface area contributed by atoms with Crippen molar-refractivity contribution in [3.63, 3.8) is 0 Å². The van der Waals surface area contributed by atoms with Gasteiger partial charge in [-0.1, -0.05) is 12.1 Å². The Labute approximate surface area is 134 Å². The van der Waals surface area contributed by atoms with Crippen LogP contribution in [-0.2, 0) is 16.0 Å². The van der Waals surface area contributed by atoms with Gasteiger partial charge in [0.1, 0.15) is 0 Å². The van der Waals surface area contributed by atoms with Crippen LogP contribution in [0.2, 0.25) is 0 Å². The average Bonchev–Trinajstić information content (AvgIpc) is 2.90. The molecule has 1 N–H and O–H groups in total. The zero-order chi connectivity index (χ0) is 16.1. The quantitative estimate of drug-likeness (QED) is 0.649. The summed E-state index contributed by atoms with van der Waals surface area (Å²) in [5, 5.41) is 10.9. The Morgan fingerprint density at radius 1 is 1.48 bits per heavy atom. The number of nitriles is 1. The summed E-state index contributed by atoms with van der Waals surface area (Å²) in [7, 11) is 1.42. The summed E-state index contributed by atoms with van der Waals surface area (Å²) in [4.78, 5) is 17.3. The van der Waals surface area contributed by atoms with Crippen LogP contribution in [0.4, 0.5) is 0 Å². The van der Waals surface area contributed by atoms with Gasteiger partial charge < -0.3 is 14.6 Å². The van der Waals surface area contributed by atoms with Gasteiger partial charge in [0.2, 0.25) is 0 Å². The van der Waals surface area contributed by atoms with Crippen LogP contribution in [0.1, 0.15) is 29.2 Å². The van der Waals surface area contributed by atoms with Crippen LogP contribution in [0.5, 0.6) is 0 Å². The molecule has 1 fully saturated rings. The molecule has 1 unspecified atom stereocenters. The molecule has 5 heteroatoms. The van der Waals surface area contributed by atoms with E-state index >= 15 is 0 Å². The van der Waals surface area contributed by atoms with E-state index in [1.165, 1.54) is 29.3 Å². The van der Waals surface area contributed by atoms with Crippen LogP contribution in [0.3, 0.4) is 0 Å². The third kappa shape index (κ3) is 1.94. The first-order valence-corrected chi connectivity index (χ1v) is 7.98. The summed E-state index contributed by atoms with van der Waals surface area (Å²) in [6, 6.07) is 6.43. The number of rotatable bonds is 1. The number of carbonyl (C=O) groups is 1. The van der Waals surface area contributed by atoms with Gasteiger partial charge in [-0.3, -0.25) is 4.79 Å².